The van der Waals surface area contributed by atoms with Crippen LogP contribution in [0.25, 0.3) is 0 Å². The van der Waals surface area contributed by atoms with E-state index in [2.05, 4.69) is 0 Å². The van der Waals surface area contributed by atoms with E-state index in [-0.39, 0.29) is 35.0 Å². The Balaban J connectivity index is -0.0000000450. The molecule has 0 fully saturated rings. The van der Waals surface area contributed by atoms with Crippen LogP contribution in [0, 0.1) is 0 Å². The molecule has 0 bridgehead atoms. The molecular weight excluding hydrogens is 111 g/mol. The molecule has 3 nitrogen and oxygen atoms in total. The Morgan fingerprint density at radius 3 is 1.67 bits per heavy atom. The molecule has 0 aromatic heterocycles. The van der Waals surface area contributed by atoms with Gasteiger partial charge >= 0.3 is 29.6 Å². The molecule has 0 heterocycles. The fraction of sp³-hybridized carbons (Fsp3) is 1.00. The first kappa shape index (κ1) is 15.9. The van der Waals surface area contributed by atoms with Gasteiger partial charge in [0.1, 0.15) is 8.93 Å². The molecule has 32 valence electrons. The van der Waals surface area contributed by atoms with E-state index in [0.717, 1.165) is 6.55 Å². The molecule has 2 N–H and O–H groups in total. The summed E-state index contributed by atoms with van der Waals surface area (Å²) in [6, 6.07) is 0. The van der Waals surface area contributed by atoms with Gasteiger partial charge in [-0.25, -0.2) is 0 Å². The summed E-state index contributed by atoms with van der Waals surface area (Å²) in [6.07, 6.45) is 0. The maximum Gasteiger partial charge on any atom is 1.00 e. The summed E-state index contributed by atoms with van der Waals surface area (Å²) in [5.41, 5.74) is 0. The monoisotopic (exact) mass is 116 g/mol. The predicted molar refractivity (Wildman–Crippen MR) is 15.9 cm³/mol. The molecule has 0 atom stereocenters. The standard InChI is InChI=1S/CH3O2Si.Na.H2O/c1-4(2)3;;/h1H3;;1H2/q-1;+1;. The van der Waals surface area contributed by atoms with Crippen LogP contribution in [0.2, 0.25) is 6.55 Å². The van der Waals surface area contributed by atoms with Crippen molar-refractivity contribution in [2.24, 2.45) is 0 Å². The van der Waals surface area contributed by atoms with Gasteiger partial charge in [0, 0.05) is 0 Å². The number of hydrogen-bond donors (Lipinski definition) is 0. The van der Waals surface area contributed by atoms with Gasteiger partial charge in [0.15, 0.2) is 0 Å². The summed E-state index contributed by atoms with van der Waals surface area (Å²) in [4.78, 5) is 9.07. The van der Waals surface area contributed by atoms with Crippen molar-refractivity contribution >= 4 is 8.93 Å². The summed E-state index contributed by atoms with van der Waals surface area (Å²) < 4.78 is 9.07. The first-order valence-corrected chi connectivity index (χ1v) is 2.72. The first-order chi connectivity index (χ1) is 1.73. The van der Waals surface area contributed by atoms with Crippen LogP contribution in [0.5, 0.6) is 0 Å². The predicted octanol–water partition coefficient (Wildman–Crippen LogP) is -4.93. The van der Waals surface area contributed by atoms with Crippen molar-refractivity contribution in [1.82, 2.24) is 0 Å². The number of hydrogen-bond acceptors (Lipinski definition) is 2. The third-order valence-electron chi connectivity index (χ3n) is 0. The Morgan fingerprint density at radius 2 is 1.67 bits per heavy atom. The second kappa shape index (κ2) is 9.24. The van der Waals surface area contributed by atoms with Gasteiger partial charge in [-0.2, -0.15) is 0 Å². The Bertz CT molecular complexity index is 33.8. The van der Waals surface area contributed by atoms with Crippen LogP contribution in [-0.4, -0.2) is 14.4 Å². The van der Waals surface area contributed by atoms with E-state index in [9.17, 15) is 0 Å². The van der Waals surface area contributed by atoms with Gasteiger partial charge in [-0.05, 0) is 6.55 Å². The van der Waals surface area contributed by atoms with Crippen molar-refractivity contribution in [3.05, 3.63) is 0 Å². The van der Waals surface area contributed by atoms with E-state index in [1.807, 2.05) is 0 Å². The fourth-order valence-corrected chi connectivity index (χ4v) is 0. The summed E-state index contributed by atoms with van der Waals surface area (Å²) >= 11 is 0. The van der Waals surface area contributed by atoms with Crippen LogP contribution < -0.4 is 34.4 Å². The largest absolute Gasteiger partial charge is 1.00 e. The average Bonchev–Trinajstić information content (AvgIpc) is 0.811. The Kier molecular flexibility index (Phi) is 24.4. The molecule has 0 rings (SSSR count). The molecule has 0 aliphatic heterocycles. The summed E-state index contributed by atoms with van der Waals surface area (Å²) in [6.45, 7) is 1.16. The molecule has 0 aromatic carbocycles. The van der Waals surface area contributed by atoms with E-state index in [4.69, 9.17) is 9.26 Å². The fourth-order valence-electron chi connectivity index (χ4n) is 0. The van der Waals surface area contributed by atoms with E-state index in [1.54, 1.807) is 0 Å². The molecule has 0 aliphatic rings. The van der Waals surface area contributed by atoms with Crippen LogP contribution >= 0.6 is 0 Å². The van der Waals surface area contributed by atoms with Crippen LogP contribution in [0.3, 0.4) is 0 Å². The summed E-state index contributed by atoms with van der Waals surface area (Å²) in [5, 5.41) is 0. The van der Waals surface area contributed by atoms with Crippen molar-refractivity contribution < 1.29 is 44.3 Å². The molecule has 0 aromatic rings. The minimum absolute atomic E-state index is 0. The molecule has 5 heteroatoms. The van der Waals surface area contributed by atoms with Crippen molar-refractivity contribution in [2.75, 3.05) is 0 Å². The van der Waals surface area contributed by atoms with E-state index >= 15 is 0 Å². The Hall–Kier alpha value is 0.777. The van der Waals surface area contributed by atoms with Crippen LogP contribution in [0.15, 0.2) is 0 Å². The van der Waals surface area contributed by atoms with Gasteiger partial charge < -0.3 is 14.7 Å². The SMILES string of the molecule is C[Si](=O)[O-].O.[Na+]. The minimum atomic E-state index is -2.38. The number of rotatable bonds is 0. The van der Waals surface area contributed by atoms with E-state index in [1.165, 1.54) is 0 Å². The van der Waals surface area contributed by atoms with Gasteiger partial charge in [-0.3, -0.25) is 0 Å². The van der Waals surface area contributed by atoms with Gasteiger partial charge in [0.25, 0.3) is 0 Å². The van der Waals surface area contributed by atoms with Crippen LogP contribution in [0.1, 0.15) is 0 Å². The second-order valence-corrected chi connectivity index (χ2v) is 1.47. The molecule has 0 spiro atoms. The maximum absolute atomic E-state index is 9.07. The topological polar surface area (TPSA) is 71.6 Å². The molecule has 0 saturated carbocycles. The first-order valence-electron chi connectivity index (χ1n) is 0.908. The molecule has 0 saturated heterocycles. The smallest absolute Gasteiger partial charge is 0.588 e. The third kappa shape index (κ3) is 113. The van der Waals surface area contributed by atoms with Gasteiger partial charge in [-0.15, -0.1) is 0 Å². The molecule has 0 unspecified atom stereocenters. The van der Waals surface area contributed by atoms with Crippen molar-refractivity contribution in [2.45, 2.75) is 6.55 Å². The van der Waals surface area contributed by atoms with Crippen molar-refractivity contribution in [3.8, 4) is 0 Å². The van der Waals surface area contributed by atoms with Crippen molar-refractivity contribution in [3.63, 3.8) is 0 Å². The molecule has 0 radical (unpaired) electrons. The molecular formula is CH5NaO3Si. The zero-order chi connectivity index (χ0) is 3.58. The van der Waals surface area contributed by atoms with E-state index in [0.29, 0.717) is 0 Å². The maximum atomic E-state index is 9.07. The van der Waals surface area contributed by atoms with Gasteiger partial charge in [0.05, 0.1) is 0 Å². The third-order valence-corrected chi connectivity index (χ3v) is 0. The normalized spacial score (nSPS) is 4.17. The second-order valence-electron chi connectivity index (χ2n) is 0.492. The van der Waals surface area contributed by atoms with Crippen molar-refractivity contribution in [1.29, 1.82) is 0 Å². The Labute approximate surface area is 59.8 Å². The summed E-state index contributed by atoms with van der Waals surface area (Å²) in [7, 11) is -2.38. The molecule has 0 amide bonds. The van der Waals surface area contributed by atoms with Crippen LogP contribution in [0.4, 0.5) is 0 Å². The zero-order valence-electron chi connectivity index (χ0n) is 3.82. The average molecular weight is 116 g/mol. The van der Waals surface area contributed by atoms with Gasteiger partial charge in [-0.1, -0.05) is 0 Å². The molecule has 6 heavy (non-hydrogen) atoms. The molecule has 0 aliphatic carbocycles. The zero-order valence-corrected chi connectivity index (χ0v) is 6.82. The Morgan fingerprint density at radius 1 is 1.67 bits per heavy atom. The minimum Gasteiger partial charge on any atom is -0.588 e. The summed E-state index contributed by atoms with van der Waals surface area (Å²) in [5.74, 6) is 0. The van der Waals surface area contributed by atoms with Crippen LogP contribution in [-0.2, 0) is 4.46 Å². The van der Waals surface area contributed by atoms with Gasteiger partial charge in [0.2, 0.25) is 0 Å². The van der Waals surface area contributed by atoms with E-state index < -0.39 is 8.93 Å². The quantitative estimate of drug-likeness (QED) is 0.297.